The minimum Gasteiger partial charge on any atom is -0.491 e. The molecule has 0 unspecified atom stereocenters. The highest BCUT2D eigenvalue weighted by molar-refractivity contribution is 7.94. The van der Waals surface area contributed by atoms with Gasteiger partial charge in [0.1, 0.15) is 0 Å². The molecule has 0 aromatic carbocycles. The average molecular weight is 227 g/mol. The summed E-state index contributed by atoms with van der Waals surface area (Å²) < 4.78 is 28.3. The molecule has 0 N–H and O–H groups in total. The van der Waals surface area contributed by atoms with Gasteiger partial charge in [0.15, 0.2) is 5.75 Å². The number of aromatic nitrogens is 1. The Morgan fingerprint density at radius 2 is 2.33 bits per heavy atom. The molecule has 0 saturated carbocycles. The van der Waals surface area contributed by atoms with Crippen molar-refractivity contribution in [3.63, 3.8) is 0 Å². The molecule has 1 aromatic heterocycles. The predicted octanol–water partition coefficient (Wildman–Crippen LogP) is 1.79. The lowest BCUT2D eigenvalue weighted by Gasteiger charge is -2.07. The van der Waals surface area contributed by atoms with Crippen LogP contribution in [0.2, 0.25) is 0 Å². The van der Waals surface area contributed by atoms with Gasteiger partial charge in [0.05, 0.1) is 6.61 Å². The Balaban J connectivity index is 3.12. The highest BCUT2D eigenvalue weighted by atomic mass is 32.2. The molecule has 0 bridgehead atoms. The summed E-state index contributed by atoms with van der Waals surface area (Å²) in [5.74, 6) is 0.277. The van der Waals surface area contributed by atoms with Gasteiger partial charge in [-0.15, -0.1) is 0 Å². The lowest BCUT2D eigenvalue weighted by molar-refractivity contribution is 0.306. The molecule has 4 nitrogen and oxygen atoms in total. The standard InChI is InChI=1S/C10H13NO3S/c1-3-8-14-9-6-5-7-11-10(9)15(12,13)4-2/h4-7H,2-3,8H2,1H3. The fraction of sp³-hybridized carbons (Fsp3) is 0.300. The Morgan fingerprint density at radius 3 is 2.93 bits per heavy atom. The van der Waals surface area contributed by atoms with Gasteiger partial charge < -0.3 is 4.74 Å². The van der Waals surface area contributed by atoms with Gasteiger partial charge in [-0.1, -0.05) is 13.5 Å². The minimum atomic E-state index is -3.53. The smallest absolute Gasteiger partial charge is 0.220 e. The van der Waals surface area contributed by atoms with E-state index in [9.17, 15) is 8.42 Å². The van der Waals surface area contributed by atoms with Gasteiger partial charge >= 0.3 is 0 Å². The average Bonchev–Trinajstić information content (AvgIpc) is 2.26. The fourth-order valence-electron chi connectivity index (χ4n) is 0.991. The van der Waals surface area contributed by atoms with Crippen molar-refractivity contribution in [1.82, 2.24) is 4.98 Å². The van der Waals surface area contributed by atoms with Crippen LogP contribution in [0.3, 0.4) is 0 Å². The van der Waals surface area contributed by atoms with E-state index in [1.54, 1.807) is 12.1 Å². The molecular weight excluding hydrogens is 214 g/mol. The second-order valence-corrected chi connectivity index (χ2v) is 4.68. The summed E-state index contributed by atoms with van der Waals surface area (Å²) >= 11 is 0. The van der Waals surface area contributed by atoms with Gasteiger partial charge in [0.2, 0.25) is 14.9 Å². The predicted molar refractivity (Wildman–Crippen MR) is 57.4 cm³/mol. The number of rotatable bonds is 5. The highest BCUT2D eigenvalue weighted by Crippen LogP contribution is 2.22. The molecule has 1 heterocycles. The summed E-state index contributed by atoms with van der Waals surface area (Å²) in [6, 6.07) is 3.21. The lowest BCUT2D eigenvalue weighted by atomic mass is 10.4. The first-order chi connectivity index (χ1) is 7.11. The van der Waals surface area contributed by atoms with Crippen LogP contribution in [0.4, 0.5) is 0 Å². The number of ether oxygens (including phenoxy) is 1. The highest BCUT2D eigenvalue weighted by Gasteiger charge is 2.17. The Kier molecular flexibility index (Phi) is 3.85. The van der Waals surface area contributed by atoms with Gasteiger partial charge in [-0.25, -0.2) is 13.4 Å². The number of hydrogen-bond donors (Lipinski definition) is 0. The Labute approximate surface area is 89.5 Å². The van der Waals surface area contributed by atoms with Crippen LogP contribution in [0.15, 0.2) is 35.3 Å². The molecular formula is C10H13NO3S. The molecule has 0 aliphatic heterocycles. The maximum atomic E-state index is 11.5. The van der Waals surface area contributed by atoms with E-state index in [1.807, 2.05) is 6.92 Å². The fourth-order valence-corrected chi connectivity index (χ4v) is 1.76. The largest absolute Gasteiger partial charge is 0.491 e. The van der Waals surface area contributed by atoms with E-state index in [2.05, 4.69) is 11.6 Å². The first-order valence-corrected chi connectivity index (χ1v) is 6.11. The first-order valence-electron chi connectivity index (χ1n) is 4.57. The Morgan fingerprint density at radius 1 is 1.60 bits per heavy atom. The summed E-state index contributed by atoms with van der Waals surface area (Å²) in [5, 5.41) is 0.794. The lowest BCUT2D eigenvalue weighted by Crippen LogP contribution is -2.05. The molecule has 5 heteroatoms. The molecule has 0 amide bonds. The van der Waals surface area contributed by atoms with Crippen LogP contribution in [0.1, 0.15) is 13.3 Å². The van der Waals surface area contributed by atoms with Crippen LogP contribution >= 0.6 is 0 Å². The summed E-state index contributed by atoms with van der Waals surface area (Å²) in [6.45, 7) is 5.65. The van der Waals surface area contributed by atoms with E-state index in [1.165, 1.54) is 6.20 Å². The van der Waals surface area contributed by atoms with Crippen LogP contribution in [0.25, 0.3) is 0 Å². The Bertz CT molecular complexity index is 440. The normalized spacial score (nSPS) is 11.0. The zero-order chi connectivity index (χ0) is 11.3. The van der Waals surface area contributed by atoms with Crippen LogP contribution in [0.5, 0.6) is 5.75 Å². The summed E-state index contributed by atoms with van der Waals surface area (Å²) in [6.07, 6.45) is 2.22. The van der Waals surface area contributed by atoms with E-state index in [0.717, 1.165) is 11.8 Å². The van der Waals surface area contributed by atoms with Crippen molar-refractivity contribution in [3.8, 4) is 5.75 Å². The zero-order valence-corrected chi connectivity index (χ0v) is 9.33. The summed E-state index contributed by atoms with van der Waals surface area (Å²) in [5.41, 5.74) is 0. The molecule has 15 heavy (non-hydrogen) atoms. The van der Waals surface area contributed by atoms with Crippen molar-refractivity contribution < 1.29 is 13.2 Å². The third-order valence-electron chi connectivity index (χ3n) is 1.69. The Hall–Kier alpha value is -1.36. The van der Waals surface area contributed by atoms with Crippen molar-refractivity contribution in [1.29, 1.82) is 0 Å². The summed E-state index contributed by atoms with van der Waals surface area (Å²) in [4.78, 5) is 3.79. The number of pyridine rings is 1. The molecule has 0 aliphatic rings. The summed E-state index contributed by atoms with van der Waals surface area (Å²) in [7, 11) is -3.53. The molecule has 1 aromatic rings. The van der Waals surface area contributed by atoms with Gasteiger partial charge in [0, 0.05) is 11.6 Å². The molecule has 82 valence electrons. The van der Waals surface area contributed by atoms with E-state index in [0.29, 0.717) is 6.61 Å². The number of nitrogens with zero attached hydrogens (tertiary/aromatic N) is 1. The molecule has 0 aliphatic carbocycles. The van der Waals surface area contributed by atoms with Crippen LogP contribution < -0.4 is 4.74 Å². The quantitative estimate of drug-likeness (QED) is 0.769. The molecule has 0 fully saturated rings. The van der Waals surface area contributed by atoms with E-state index < -0.39 is 9.84 Å². The molecule has 1 rings (SSSR count). The monoisotopic (exact) mass is 227 g/mol. The SMILES string of the molecule is C=CS(=O)(=O)c1ncccc1OCCC. The maximum Gasteiger partial charge on any atom is 0.220 e. The van der Waals surface area contributed by atoms with Crippen molar-refractivity contribution in [3.05, 3.63) is 30.3 Å². The zero-order valence-electron chi connectivity index (χ0n) is 8.51. The van der Waals surface area contributed by atoms with Crippen LogP contribution in [-0.4, -0.2) is 20.0 Å². The first kappa shape index (κ1) is 11.7. The molecule has 0 spiro atoms. The van der Waals surface area contributed by atoms with Gasteiger partial charge in [-0.2, -0.15) is 0 Å². The third kappa shape index (κ3) is 2.79. The topological polar surface area (TPSA) is 56.3 Å². The van der Waals surface area contributed by atoms with Crippen LogP contribution in [0, 0.1) is 0 Å². The van der Waals surface area contributed by atoms with E-state index in [4.69, 9.17) is 4.74 Å². The van der Waals surface area contributed by atoms with E-state index in [-0.39, 0.29) is 10.8 Å². The van der Waals surface area contributed by atoms with E-state index >= 15 is 0 Å². The van der Waals surface area contributed by atoms with Crippen LogP contribution in [-0.2, 0) is 9.84 Å². The molecule has 0 atom stereocenters. The number of sulfone groups is 1. The molecule has 0 radical (unpaired) electrons. The van der Waals surface area contributed by atoms with Gasteiger partial charge in [-0.05, 0) is 18.6 Å². The van der Waals surface area contributed by atoms with Gasteiger partial charge in [-0.3, -0.25) is 0 Å². The second-order valence-electron chi connectivity index (χ2n) is 2.87. The second kappa shape index (κ2) is 4.93. The number of hydrogen-bond acceptors (Lipinski definition) is 4. The van der Waals surface area contributed by atoms with Crippen molar-refractivity contribution in [2.45, 2.75) is 18.4 Å². The third-order valence-corrected chi connectivity index (χ3v) is 2.97. The molecule has 0 saturated heterocycles. The van der Waals surface area contributed by atoms with Crippen molar-refractivity contribution in [2.75, 3.05) is 6.61 Å². The van der Waals surface area contributed by atoms with Crippen molar-refractivity contribution >= 4 is 9.84 Å². The van der Waals surface area contributed by atoms with Gasteiger partial charge in [0.25, 0.3) is 0 Å². The minimum absolute atomic E-state index is 0.0755. The maximum absolute atomic E-state index is 11.5. The van der Waals surface area contributed by atoms with Crippen molar-refractivity contribution in [2.24, 2.45) is 0 Å².